The second-order valence-corrected chi connectivity index (χ2v) is 6.40. The molecule has 2 atom stereocenters. The minimum atomic E-state index is -0.912. The van der Waals surface area contributed by atoms with Crippen LogP contribution in [0, 0.1) is 12.3 Å². The first-order chi connectivity index (χ1) is 9.82. The lowest BCUT2D eigenvalue weighted by molar-refractivity contribution is -0.237. The highest BCUT2D eigenvalue weighted by atomic mass is 16.5. The van der Waals surface area contributed by atoms with E-state index in [0.29, 0.717) is 18.6 Å². The molecule has 0 radical (unpaired) electrons. The second-order valence-electron chi connectivity index (χ2n) is 6.40. The maximum atomic E-state index is 12.2. The number of hydrogen-bond acceptors (Lipinski definition) is 3. The van der Waals surface area contributed by atoms with Crippen LogP contribution in [-0.2, 0) is 4.74 Å². The fraction of sp³-hybridized carbons (Fsp3) is 0.588. The molecule has 4 nitrogen and oxygen atoms in total. The molecule has 1 aliphatic rings. The van der Waals surface area contributed by atoms with Crippen LogP contribution < -0.4 is 5.32 Å². The van der Waals surface area contributed by atoms with Gasteiger partial charge in [0.25, 0.3) is 5.91 Å². The molecule has 4 heteroatoms. The summed E-state index contributed by atoms with van der Waals surface area (Å²) in [5.41, 5.74) is 0.314. The molecule has 0 aliphatic heterocycles. The van der Waals surface area contributed by atoms with E-state index in [2.05, 4.69) is 5.32 Å². The van der Waals surface area contributed by atoms with Crippen LogP contribution in [0.3, 0.4) is 0 Å². The molecule has 0 heterocycles. The number of carbonyl (C=O) groups is 1. The fourth-order valence-electron chi connectivity index (χ4n) is 2.91. The van der Waals surface area contributed by atoms with Gasteiger partial charge in [-0.05, 0) is 25.5 Å². The fourth-order valence-corrected chi connectivity index (χ4v) is 2.91. The second kappa shape index (κ2) is 5.78. The van der Waals surface area contributed by atoms with E-state index in [-0.39, 0.29) is 24.0 Å². The van der Waals surface area contributed by atoms with Crippen LogP contribution in [0.25, 0.3) is 0 Å². The highest BCUT2D eigenvalue weighted by molar-refractivity contribution is 5.95. The van der Waals surface area contributed by atoms with Gasteiger partial charge in [0.1, 0.15) is 0 Å². The monoisotopic (exact) mass is 291 g/mol. The number of rotatable bonds is 5. The molecule has 116 valence electrons. The van der Waals surface area contributed by atoms with Gasteiger partial charge in [0.05, 0.1) is 11.7 Å². The van der Waals surface area contributed by atoms with Crippen molar-refractivity contribution in [2.45, 2.75) is 45.8 Å². The topological polar surface area (TPSA) is 58.6 Å². The first kappa shape index (κ1) is 16.0. The molecule has 1 aromatic carbocycles. The van der Waals surface area contributed by atoms with Gasteiger partial charge in [-0.3, -0.25) is 4.79 Å². The predicted octanol–water partition coefficient (Wildman–Crippen LogP) is 2.29. The molecule has 0 spiro atoms. The van der Waals surface area contributed by atoms with Crippen molar-refractivity contribution in [3.8, 4) is 0 Å². The maximum absolute atomic E-state index is 12.2. The van der Waals surface area contributed by atoms with Crippen LogP contribution in [0.5, 0.6) is 0 Å². The molecular weight excluding hydrogens is 266 g/mol. The van der Waals surface area contributed by atoms with E-state index < -0.39 is 5.60 Å². The summed E-state index contributed by atoms with van der Waals surface area (Å²) in [6.45, 7) is 8.71. The average molecular weight is 291 g/mol. The molecule has 1 amide bonds. The maximum Gasteiger partial charge on any atom is 0.251 e. The van der Waals surface area contributed by atoms with Crippen LogP contribution >= 0.6 is 0 Å². The number of amides is 1. The quantitative estimate of drug-likeness (QED) is 0.875. The summed E-state index contributed by atoms with van der Waals surface area (Å²) < 4.78 is 5.63. The summed E-state index contributed by atoms with van der Waals surface area (Å²) in [5.74, 6) is -0.141. The van der Waals surface area contributed by atoms with Crippen molar-refractivity contribution in [2.24, 2.45) is 5.41 Å². The Morgan fingerprint density at radius 2 is 2.10 bits per heavy atom. The van der Waals surface area contributed by atoms with E-state index in [4.69, 9.17) is 4.74 Å². The summed E-state index contributed by atoms with van der Waals surface area (Å²) in [4.78, 5) is 12.2. The molecule has 21 heavy (non-hydrogen) atoms. The van der Waals surface area contributed by atoms with Crippen LogP contribution in [0.15, 0.2) is 24.3 Å². The zero-order valence-electron chi connectivity index (χ0n) is 13.3. The van der Waals surface area contributed by atoms with Crippen molar-refractivity contribution in [3.63, 3.8) is 0 Å². The Labute approximate surface area is 126 Å². The Balaban J connectivity index is 1.98. The summed E-state index contributed by atoms with van der Waals surface area (Å²) in [7, 11) is 0. The van der Waals surface area contributed by atoms with E-state index in [1.807, 2.05) is 45.9 Å². The molecule has 0 aromatic heterocycles. The standard InChI is InChI=1S/C17H25NO3/c1-5-21-14-10-17(20,16(14,3)4)11-18-15(19)13-9-7-6-8-12(13)2/h6-9,14,20H,5,10-11H2,1-4H3,(H,18,19)/t14-,17-/m1/s1. The predicted molar refractivity (Wildman–Crippen MR) is 82.3 cm³/mol. The summed E-state index contributed by atoms with van der Waals surface area (Å²) >= 11 is 0. The molecule has 2 N–H and O–H groups in total. The molecule has 2 rings (SSSR count). The normalized spacial score (nSPS) is 27.0. The number of aryl methyl sites for hydroxylation is 1. The lowest BCUT2D eigenvalue weighted by Crippen LogP contribution is -2.68. The van der Waals surface area contributed by atoms with E-state index >= 15 is 0 Å². The van der Waals surface area contributed by atoms with Gasteiger partial charge in [-0.2, -0.15) is 0 Å². The largest absolute Gasteiger partial charge is 0.387 e. The Bertz CT molecular complexity index is 527. The van der Waals surface area contributed by atoms with Crippen molar-refractivity contribution in [1.29, 1.82) is 0 Å². The van der Waals surface area contributed by atoms with Crippen molar-refractivity contribution >= 4 is 5.91 Å². The number of aliphatic hydroxyl groups is 1. The molecule has 1 aromatic rings. The molecule has 0 bridgehead atoms. The van der Waals surface area contributed by atoms with Crippen LogP contribution in [0.1, 0.15) is 43.1 Å². The van der Waals surface area contributed by atoms with E-state index in [1.54, 1.807) is 6.07 Å². The zero-order chi connectivity index (χ0) is 15.7. The van der Waals surface area contributed by atoms with E-state index in [0.717, 1.165) is 5.56 Å². The smallest absolute Gasteiger partial charge is 0.251 e. The third-order valence-corrected chi connectivity index (χ3v) is 4.83. The van der Waals surface area contributed by atoms with Crippen molar-refractivity contribution in [2.75, 3.05) is 13.2 Å². The third kappa shape index (κ3) is 2.83. The zero-order valence-corrected chi connectivity index (χ0v) is 13.3. The number of benzene rings is 1. The van der Waals surface area contributed by atoms with Gasteiger partial charge in [-0.1, -0.05) is 32.0 Å². The van der Waals surface area contributed by atoms with E-state index in [1.165, 1.54) is 0 Å². The van der Waals surface area contributed by atoms with Gasteiger partial charge in [0, 0.05) is 30.6 Å². The minimum absolute atomic E-state index is 0.0443. The van der Waals surface area contributed by atoms with E-state index in [9.17, 15) is 9.90 Å². The third-order valence-electron chi connectivity index (χ3n) is 4.83. The molecule has 0 saturated heterocycles. The highest BCUT2D eigenvalue weighted by Gasteiger charge is 2.59. The molecule has 0 unspecified atom stereocenters. The Morgan fingerprint density at radius 3 is 2.67 bits per heavy atom. The Morgan fingerprint density at radius 1 is 1.43 bits per heavy atom. The van der Waals surface area contributed by atoms with Crippen LogP contribution in [0.2, 0.25) is 0 Å². The Kier molecular flexibility index (Phi) is 4.40. The van der Waals surface area contributed by atoms with Crippen LogP contribution in [-0.4, -0.2) is 35.9 Å². The number of hydrogen-bond donors (Lipinski definition) is 2. The van der Waals surface area contributed by atoms with Gasteiger partial charge in [-0.15, -0.1) is 0 Å². The lowest BCUT2D eigenvalue weighted by Gasteiger charge is -2.57. The summed E-state index contributed by atoms with van der Waals surface area (Å²) in [5, 5.41) is 13.6. The highest BCUT2D eigenvalue weighted by Crippen LogP contribution is 2.50. The number of nitrogens with one attached hydrogen (secondary N) is 1. The van der Waals surface area contributed by atoms with Crippen LogP contribution in [0.4, 0.5) is 0 Å². The Hall–Kier alpha value is -1.39. The average Bonchev–Trinajstić information content (AvgIpc) is 2.45. The molecule has 1 fully saturated rings. The first-order valence-corrected chi connectivity index (χ1v) is 7.49. The first-order valence-electron chi connectivity index (χ1n) is 7.49. The molecular formula is C17H25NO3. The van der Waals surface area contributed by atoms with Gasteiger partial charge in [0.2, 0.25) is 0 Å². The number of ether oxygens (including phenoxy) is 1. The summed E-state index contributed by atoms with van der Waals surface area (Å²) in [6, 6.07) is 7.45. The van der Waals surface area contributed by atoms with Crippen molar-refractivity contribution in [3.05, 3.63) is 35.4 Å². The number of carbonyl (C=O) groups excluding carboxylic acids is 1. The van der Waals surface area contributed by atoms with Gasteiger partial charge < -0.3 is 15.2 Å². The molecule has 1 saturated carbocycles. The summed E-state index contributed by atoms with van der Waals surface area (Å²) in [6.07, 6.45) is 0.602. The molecule has 1 aliphatic carbocycles. The SMILES string of the molecule is CCO[C@@H]1C[C@@](O)(CNC(=O)c2ccccc2C)C1(C)C. The van der Waals surface area contributed by atoms with Crippen molar-refractivity contribution in [1.82, 2.24) is 5.32 Å². The van der Waals surface area contributed by atoms with Gasteiger partial charge in [0.15, 0.2) is 0 Å². The van der Waals surface area contributed by atoms with Crippen molar-refractivity contribution < 1.29 is 14.6 Å². The van der Waals surface area contributed by atoms with Gasteiger partial charge in [-0.25, -0.2) is 0 Å². The van der Waals surface area contributed by atoms with Gasteiger partial charge >= 0.3 is 0 Å². The minimum Gasteiger partial charge on any atom is -0.387 e. The lowest BCUT2D eigenvalue weighted by atomic mass is 9.56.